The number of rotatable bonds is 10. The molecule has 0 spiro atoms. The number of nitrogens with one attached hydrogen (secondary N) is 3. The topological polar surface area (TPSA) is 152 Å². The van der Waals surface area contributed by atoms with Gasteiger partial charge in [0.25, 0.3) is 5.91 Å². The summed E-state index contributed by atoms with van der Waals surface area (Å²) in [6.07, 6.45) is 2.26. The number of hydrogen-bond acceptors (Lipinski definition) is 6. The van der Waals surface area contributed by atoms with E-state index in [0.29, 0.717) is 49.4 Å². The van der Waals surface area contributed by atoms with E-state index in [0.717, 1.165) is 6.42 Å². The first-order valence-electron chi connectivity index (χ1n) is 11.5. The summed E-state index contributed by atoms with van der Waals surface area (Å²) < 4.78 is 0. The maximum Gasteiger partial charge on any atom is 0.251 e. The third kappa shape index (κ3) is 8.48. The number of benzene rings is 1. The van der Waals surface area contributed by atoms with Gasteiger partial charge in [-0.2, -0.15) is 5.26 Å². The highest BCUT2D eigenvalue weighted by Crippen LogP contribution is 2.16. The number of likely N-dealkylation sites (tertiary alicyclic amines) is 1. The summed E-state index contributed by atoms with van der Waals surface area (Å²) in [6, 6.07) is 8.33. The Morgan fingerprint density at radius 3 is 2.32 bits per heavy atom. The standard InChI is InChI=1S/C24H33N5O5/c1-16(2)3-6-19(13-21(30)28-34)23(32)26-15-22(31)29-11-9-20(10-12-29)27-24(33)18-7-4-17(14-25)5-8-18/h4-5,7-8,16,19-20,34H,3,6,9-13,15H2,1-2H3,(H,26,32)(H,27,33)(H,28,30). The molecule has 0 radical (unpaired) electrons. The van der Waals surface area contributed by atoms with Crippen LogP contribution in [-0.4, -0.2) is 59.4 Å². The minimum Gasteiger partial charge on any atom is -0.349 e. The van der Waals surface area contributed by atoms with Gasteiger partial charge in [0.1, 0.15) is 0 Å². The van der Waals surface area contributed by atoms with Gasteiger partial charge < -0.3 is 15.5 Å². The van der Waals surface area contributed by atoms with E-state index in [4.69, 9.17) is 10.5 Å². The molecule has 0 saturated carbocycles. The molecule has 0 bridgehead atoms. The molecule has 1 atom stereocenters. The third-order valence-electron chi connectivity index (χ3n) is 5.89. The maximum atomic E-state index is 12.6. The van der Waals surface area contributed by atoms with Gasteiger partial charge in [-0.3, -0.25) is 24.4 Å². The van der Waals surface area contributed by atoms with Crippen molar-refractivity contribution >= 4 is 23.6 Å². The second-order valence-electron chi connectivity index (χ2n) is 8.94. The van der Waals surface area contributed by atoms with Crippen molar-refractivity contribution in [1.29, 1.82) is 5.26 Å². The molecule has 0 aromatic heterocycles. The van der Waals surface area contributed by atoms with Gasteiger partial charge in [0.05, 0.1) is 18.2 Å². The lowest BCUT2D eigenvalue weighted by atomic mass is 9.94. The fourth-order valence-electron chi connectivity index (χ4n) is 3.79. The minimum atomic E-state index is -0.639. The van der Waals surface area contributed by atoms with E-state index in [2.05, 4.69) is 10.6 Å². The minimum absolute atomic E-state index is 0.0702. The average Bonchev–Trinajstić information content (AvgIpc) is 2.84. The average molecular weight is 472 g/mol. The number of amides is 4. The molecule has 184 valence electrons. The number of hydroxylamine groups is 1. The van der Waals surface area contributed by atoms with Crippen LogP contribution in [-0.2, 0) is 14.4 Å². The summed E-state index contributed by atoms with van der Waals surface area (Å²) in [5, 5.41) is 23.2. The Hall–Kier alpha value is -3.45. The Labute approximate surface area is 199 Å². The highest BCUT2D eigenvalue weighted by molar-refractivity contribution is 5.94. The van der Waals surface area contributed by atoms with Crippen LogP contribution in [0.5, 0.6) is 0 Å². The van der Waals surface area contributed by atoms with Crippen LogP contribution in [0.3, 0.4) is 0 Å². The Kier molecular flexibility index (Phi) is 10.5. The smallest absolute Gasteiger partial charge is 0.251 e. The summed E-state index contributed by atoms with van der Waals surface area (Å²) in [5.41, 5.74) is 2.51. The van der Waals surface area contributed by atoms with Gasteiger partial charge in [-0.15, -0.1) is 0 Å². The Bertz CT molecular complexity index is 901. The van der Waals surface area contributed by atoms with E-state index in [1.165, 1.54) is 0 Å². The van der Waals surface area contributed by atoms with Crippen LogP contribution in [0, 0.1) is 23.2 Å². The predicted molar refractivity (Wildman–Crippen MR) is 123 cm³/mol. The van der Waals surface area contributed by atoms with Crippen molar-refractivity contribution in [1.82, 2.24) is 21.0 Å². The number of carbonyl (C=O) groups excluding carboxylic acids is 4. The molecular formula is C24H33N5O5. The van der Waals surface area contributed by atoms with Crippen molar-refractivity contribution in [2.75, 3.05) is 19.6 Å². The SMILES string of the molecule is CC(C)CCC(CC(=O)NO)C(=O)NCC(=O)N1CCC(NC(=O)c2ccc(C#N)cc2)CC1. The monoisotopic (exact) mass is 471 g/mol. The highest BCUT2D eigenvalue weighted by Gasteiger charge is 2.26. The largest absolute Gasteiger partial charge is 0.349 e. The Balaban J connectivity index is 1.78. The van der Waals surface area contributed by atoms with Crippen molar-refractivity contribution in [3.63, 3.8) is 0 Å². The molecule has 1 fully saturated rings. The van der Waals surface area contributed by atoms with Gasteiger partial charge in [-0.05, 0) is 49.4 Å². The zero-order valence-corrected chi connectivity index (χ0v) is 19.7. The summed E-state index contributed by atoms with van der Waals surface area (Å²) in [4.78, 5) is 50.7. The van der Waals surface area contributed by atoms with E-state index in [1.807, 2.05) is 19.9 Å². The van der Waals surface area contributed by atoms with Crippen molar-refractivity contribution in [2.24, 2.45) is 11.8 Å². The fraction of sp³-hybridized carbons (Fsp3) is 0.542. The van der Waals surface area contributed by atoms with Crippen molar-refractivity contribution in [3.8, 4) is 6.07 Å². The zero-order chi connectivity index (χ0) is 25.1. The lowest BCUT2D eigenvalue weighted by Gasteiger charge is -2.32. The molecule has 10 heteroatoms. The summed E-state index contributed by atoms with van der Waals surface area (Å²) in [6.45, 7) is 4.77. The van der Waals surface area contributed by atoms with Crippen LogP contribution in [0.2, 0.25) is 0 Å². The molecule has 2 rings (SSSR count). The number of nitrogens with zero attached hydrogens (tertiary/aromatic N) is 2. The van der Waals surface area contributed by atoms with Crippen molar-refractivity contribution < 1.29 is 24.4 Å². The quantitative estimate of drug-likeness (QED) is 0.299. The van der Waals surface area contributed by atoms with Gasteiger partial charge in [0.2, 0.25) is 17.7 Å². The first-order chi connectivity index (χ1) is 16.2. The first kappa shape index (κ1) is 26.8. The number of piperidine rings is 1. The van der Waals surface area contributed by atoms with Gasteiger partial charge in [-0.25, -0.2) is 5.48 Å². The number of carbonyl (C=O) groups is 4. The normalized spacial score (nSPS) is 14.7. The van der Waals surface area contributed by atoms with Crippen LogP contribution < -0.4 is 16.1 Å². The van der Waals surface area contributed by atoms with Crippen LogP contribution in [0.4, 0.5) is 0 Å². The summed E-state index contributed by atoms with van der Waals surface area (Å²) in [7, 11) is 0. The van der Waals surface area contributed by atoms with Crippen molar-refractivity contribution in [3.05, 3.63) is 35.4 Å². The van der Waals surface area contributed by atoms with Crippen LogP contribution in [0.1, 0.15) is 61.9 Å². The Morgan fingerprint density at radius 1 is 1.12 bits per heavy atom. The second kappa shape index (κ2) is 13.3. The van der Waals surface area contributed by atoms with Gasteiger partial charge in [0.15, 0.2) is 0 Å². The molecule has 4 amide bonds. The van der Waals surface area contributed by atoms with E-state index in [1.54, 1.807) is 34.6 Å². The molecule has 1 aromatic rings. The first-order valence-corrected chi connectivity index (χ1v) is 11.5. The molecule has 1 unspecified atom stereocenters. The molecule has 0 aliphatic carbocycles. The highest BCUT2D eigenvalue weighted by atomic mass is 16.5. The molecule has 10 nitrogen and oxygen atoms in total. The Morgan fingerprint density at radius 2 is 1.76 bits per heavy atom. The molecule has 1 aromatic carbocycles. The van der Waals surface area contributed by atoms with Crippen LogP contribution in [0.25, 0.3) is 0 Å². The van der Waals surface area contributed by atoms with E-state index in [9.17, 15) is 19.2 Å². The second-order valence-corrected chi connectivity index (χ2v) is 8.94. The van der Waals surface area contributed by atoms with Gasteiger partial charge in [-0.1, -0.05) is 20.3 Å². The summed E-state index contributed by atoms with van der Waals surface area (Å²) in [5.74, 6) is -1.74. The molecule has 1 saturated heterocycles. The molecule has 1 heterocycles. The van der Waals surface area contributed by atoms with Crippen molar-refractivity contribution in [2.45, 2.75) is 52.0 Å². The molecular weight excluding hydrogens is 438 g/mol. The number of nitriles is 1. The molecule has 34 heavy (non-hydrogen) atoms. The van der Waals surface area contributed by atoms with E-state index >= 15 is 0 Å². The zero-order valence-electron chi connectivity index (χ0n) is 19.7. The third-order valence-corrected chi connectivity index (χ3v) is 5.89. The lowest BCUT2D eigenvalue weighted by Crippen LogP contribution is -2.49. The van der Waals surface area contributed by atoms with Gasteiger partial charge in [0, 0.05) is 37.0 Å². The summed E-state index contributed by atoms with van der Waals surface area (Å²) >= 11 is 0. The molecule has 1 aliphatic rings. The van der Waals surface area contributed by atoms with E-state index in [-0.39, 0.29) is 36.7 Å². The van der Waals surface area contributed by atoms with Crippen LogP contribution >= 0.6 is 0 Å². The number of hydrogen-bond donors (Lipinski definition) is 4. The van der Waals surface area contributed by atoms with Gasteiger partial charge >= 0.3 is 0 Å². The predicted octanol–water partition coefficient (Wildman–Crippen LogP) is 1.34. The lowest BCUT2D eigenvalue weighted by molar-refractivity contribution is -0.137. The molecule has 1 aliphatic heterocycles. The van der Waals surface area contributed by atoms with Crippen LogP contribution in [0.15, 0.2) is 24.3 Å². The van der Waals surface area contributed by atoms with E-state index < -0.39 is 11.8 Å². The fourth-order valence-corrected chi connectivity index (χ4v) is 3.79. The maximum absolute atomic E-state index is 12.6. The molecule has 4 N–H and O–H groups in total.